The smallest absolute Gasteiger partial charge is 0.301 e. The molecule has 3 aromatic carbocycles. The summed E-state index contributed by atoms with van der Waals surface area (Å²) in [7, 11) is 0. The third-order valence-corrected chi connectivity index (χ3v) is 7.77. The predicted molar refractivity (Wildman–Crippen MR) is 141 cm³/mol. The summed E-state index contributed by atoms with van der Waals surface area (Å²) in [5, 5.41) is 12.3. The Morgan fingerprint density at radius 1 is 1.14 bits per heavy atom. The van der Waals surface area contributed by atoms with E-state index in [1.54, 1.807) is 36.4 Å². The van der Waals surface area contributed by atoms with Crippen molar-refractivity contribution in [2.24, 2.45) is 0 Å². The number of fused-ring (bicyclic) bond motifs is 2. The van der Waals surface area contributed by atoms with E-state index in [-0.39, 0.29) is 17.4 Å². The quantitative estimate of drug-likeness (QED) is 0.199. The molecule has 1 N–H and O–H groups in total. The van der Waals surface area contributed by atoms with Gasteiger partial charge in [0.2, 0.25) is 0 Å². The molecular formula is C28H21ClN2O4S. The van der Waals surface area contributed by atoms with Gasteiger partial charge in [0.05, 0.1) is 21.8 Å². The molecule has 180 valence electrons. The van der Waals surface area contributed by atoms with E-state index in [0.29, 0.717) is 27.7 Å². The lowest BCUT2D eigenvalue weighted by Gasteiger charge is -2.23. The highest BCUT2D eigenvalue weighted by atomic mass is 35.5. The van der Waals surface area contributed by atoms with Gasteiger partial charge in [0.1, 0.15) is 17.6 Å². The normalized spacial score (nSPS) is 20.7. The highest BCUT2D eigenvalue weighted by molar-refractivity contribution is 7.22. The Kier molecular flexibility index (Phi) is 5.35. The summed E-state index contributed by atoms with van der Waals surface area (Å²) in [6.07, 6.45) is 0.741. The molecule has 0 spiro atoms. The molecule has 0 aliphatic carbocycles. The number of hydrogen-bond acceptors (Lipinski definition) is 6. The molecule has 2 aliphatic heterocycles. The van der Waals surface area contributed by atoms with E-state index in [9.17, 15) is 14.7 Å². The highest BCUT2D eigenvalue weighted by Crippen LogP contribution is 2.45. The minimum Gasteiger partial charge on any atom is -0.507 e. The second-order valence-corrected chi connectivity index (χ2v) is 10.6. The van der Waals surface area contributed by atoms with Crippen molar-refractivity contribution in [1.29, 1.82) is 0 Å². The molecule has 6 nitrogen and oxygen atoms in total. The Morgan fingerprint density at radius 3 is 2.78 bits per heavy atom. The Labute approximate surface area is 216 Å². The summed E-state index contributed by atoms with van der Waals surface area (Å²) < 4.78 is 6.68. The molecule has 1 amide bonds. The number of thiazole rings is 1. The number of halogens is 1. The van der Waals surface area contributed by atoms with Crippen molar-refractivity contribution in [2.75, 3.05) is 4.90 Å². The van der Waals surface area contributed by atoms with Crippen LogP contribution in [0.1, 0.15) is 35.2 Å². The maximum Gasteiger partial charge on any atom is 0.301 e. The van der Waals surface area contributed by atoms with Crippen molar-refractivity contribution in [1.82, 2.24) is 4.98 Å². The molecule has 6 rings (SSSR count). The summed E-state index contributed by atoms with van der Waals surface area (Å²) in [5.41, 5.74) is 3.82. The van der Waals surface area contributed by atoms with Crippen molar-refractivity contribution >= 4 is 55.7 Å². The summed E-state index contributed by atoms with van der Waals surface area (Å²) in [5.74, 6) is -0.982. The maximum atomic E-state index is 13.4. The number of Topliss-reactive ketones (excluding diaryl/α,β-unsaturated/α-hetero) is 1. The lowest BCUT2D eigenvalue weighted by Crippen LogP contribution is -2.29. The minimum absolute atomic E-state index is 0.00428. The zero-order valence-corrected chi connectivity index (χ0v) is 21.1. The molecule has 8 heteroatoms. The van der Waals surface area contributed by atoms with Crippen LogP contribution in [-0.2, 0) is 16.0 Å². The van der Waals surface area contributed by atoms with Gasteiger partial charge in [-0.3, -0.25) is 14.5 Å². The molecule has 1 saturated heterocycles. The number of carbonyl (C=O) groups is 2. The number of aliphatic hydroxyl groups is 1. The van der Waals surface area contributed by atoms with Gasteiger partial charge in [-0.15, -0.1) is 0 Å². The van der Waals surface area contributed by atoms with Gasteiger partial charge >= 0.3 is 5.91 Å². The molecule has 36 heavy (non-hydrogen) atoms. The van der Waals surface area contributed by atoms with E-state index in [4.69, 9.17) is 16.3 Å². The number of amides is 1. The molecule has 0 unspecified atom stereocenters. The summed E-state index contributed by atoms with van der Waals surface area (Å²) in [4.78, 5) is 32.9. The highest BCUT2D eigenvalue weighted by Gasteiger charge is 2.48. The second-order valence-electron chi connectivity index (χ2n) is 9.15. The van der Waals surface area contributed by atoms with Crippen LogP contribution in [0.2, 0.25) is 5.02 Å². The van der Waals surface area contributed by atoms with Crippen LogP contribution < -0.4 is 9.64 Å². The van der Waals surface area contributed by atoms with Gasteiger partial charge in [-0.1, -0.05) is 41.1 Å². The number of aromatic nitrogens is 1. The lowest BCUT2D eigenvalue weighted by molar-refractivity contribution is -0.132. The molecule has 1 aromatic heterocycles. The van der Waals surface area contributed by atoms with E-state index in [2.05, 4.69) is 4.98 Å². The summed E-state index contributed by atoms with van der Waals surface area (Å²) >= 11 is 7.63. The van der Waals surface area contributed by atoms with Crippen LogP contribution in [0.25, 0.3) is 16.0 Å². The standard InChI is InChI=1S/C28H21ClN2O4S/c1-14-6-8-20-22(10-14)36-28(30-20)31-24(16-4-3-5-19(29)13-16)23(26(33)27(31)34)25(32)17-7-9-21-18(12-17)11-15(2)35-21/h3-10,12-13,15,24,32H,11H2,1-2H3/t15-,24+/m0/s1. The van der Waals surface area contributed by atoms with Crippen molar-refractivity contribution in [3.8, 4) is 5.75 Å². The maximum absolute atomic E-state index is 13.4. The molecule has 3 heterocycles. The van der Waals surface area contributed by atoms with Gasteiger partial charge in [0.15, 0.2) is 5.13 Å². The topological polar surface area (TPSA) is 79.7 Å². The van der Waals surface area contributed by atoms with E-state index < -0.39 is 17.7 Å². The number of anilines is 1. The first-order chi connectivity index (χ1) is 17.3. The molecule has 0 radical (unpaired) electrons. The number of nitrogens with zero attached hydrogens (tertiary/aromatic N) is 2. The number of hydrogen-bond donors (Lipinski definition) is 1. The second kappa shape index (κ2) is 8.47. The van der Waals surface area contributed by atoms with Crippen LogP contribution in [0.5, 0.6) is 5.75 Å². The average molecular weight is 517 g/mol. The Bertz CT molecular complexity index is 1610. The zero-order valence-electron chi connectivity index (χ0n) is 19.5. The first kappa shape index (κ1) is 22.8. The van der Waals surface area contributed by atoms with Crippen molar-refractivity contribution in [3.63, 3.8) is 0 Å². The van der Waals surface area contributed by atoms with E-state index in [1.807, 2.05) is 38.1 Å². The van der Waals surface area contributed by atoms with Crippen molar-refractivity contribution < 1.29 is 19.4 Å². The summed E-state index contributed by atoms with van der Waals surface area (Å²) in [6.45, 7) is 3.96. The van der Waals surface area contributed by atoms with Crippen LogP contribution >= 0.6 is 22.9 Å². The van der Waals surface area contributed by atoms with Crippen LogP contribution in [-0.4, -0.2) is 27.9 Å². The fourth-order valence-electron chi connectivity index (χ4n) is 4.87. The first-order valence-electron chi connectivity index (χ1n) is 11.5. The molecule has 2 atom stereocenters. The number of benzene rings is 3. The lowest BCUT2D eigenvalue weighted by atomic mass is 9.94. The fourth-order valence-corrected chi connectivity index (χ4v) is 6.16. The van der Waals surface area contributed by atoms with Crippen molar-refractivity contribution in [2.45, 2.75) is 32.4 Å². The number of aliphatic hydroxyl groups excluding tert-OH is 1. The number of aryl methyl sites for hydroxylation is 1. The number of carbonyl (C=O) groups excluding carboxylic acids is 2. The monoisotopic (exact) mass is 516 g/mol. The van der Waals surface area contributed by atoms with Gasteiger partial charge in [-0.05, 0) is 73.0 Å². The average Bonchev–Trinajstić information content (AvgIpc) is 3.50. The molecule has 1 fully saturated rings. The molecule has 2 aliphatic rings. The number of ether oxygens (including phenoxy) is 1. The van der Waals surface area contributed by atoms with Crippen LogP contribution in [0.3, 0.4) is 0 Å². The molecule has 0 bridgehead atoms. The molecule has 0 saturated carbocycles. The van der Waals surface area contributed by atoms with Gasteiger partial charge < -0.3 is 9.84 Å². The van der Waals surface area contributed by atoms with Crippen LogP contribution in [0.4, 0.5) is 5.13 Å². The van der Waals surface area contributed by atoms with Crippen LogP contribution in [0, 0.1) is 6.92 Å². The third-order valence-electron chi connectivity index (χ3n) is 6.52. The Morgan fingerprint density at radius 2 is 1.97 bits per heavy atom. The van der Waals surface area contributed by atoms with Crippen molar-refractivity contribution in [3.05, 3.63) is 93.5 Å². The first-order valence-corrected chi connectivity index (χ1v) is 12.7. The fraction of sp³-hybridized carbons (Fsp3) is 0.179. The van der Waals surface area contributed by atoms with Crippen LogP contribution in [0.15, 0.2) is 66.2 Å². The number of rotatable bonds is 3. The van der Waals surface area contributed by atoms with E-state index in [1.165, 1.54) is 16.2 Å². The Balaban J connectivity index is 1.54. The molecular weight excluding hydrogens is 496 g/mol. The predicted octanol–water partition coefficient (Wildman–Crippen LogP) is 6.21. The summed E-state index contributed by atoms with van der Waals surface area (Å²) in [6, 6.07) is 17.2. The zero-order chi connectivity index (χ0) is 25.1. The SMILES string of the molecule is Cc1ccc2nc(N3C(=O)C(=O)C(=C(O)c4ccc5c(c4)C[C@H](C)O5)[C@H]3c3cccc(Cl)c3)sc2c1. The number of ketones is 1. The van der Waals surface area contributed by atoms with Gasteiger partial charge in [0, 0.05) is 17.0 Å². The third kappa shape index (κ3) is 3.67. The minimum atomic E-state index is -0.881. The molecule has 4 aromatic rings. The van der Waals surface area contributed by atoms with E-state index in [0.717, 1.165) is 27.1 Å². The largest absolute Gasteiger partial charge is 0.507 e. The van der Waals surface area contributed by atoms with Gasteiger partial charge in [-0.25, -0.2) is 4.98 Å². The van der Waals surface area contributed by atoms with Gasteiger partial charge in [0.25, 0.3) is 5.78 Å². The van der Waals surface area contributed by atoms with E-state index >= 15 is 0 Å². The van der Waals surface area contributed by atoms with Gasteiger partial charge in [-0.2, -0.15) is 0 Å². The Hall–Kier alpha value is -3.68.